The Morgan fingerprint density at radius 3 is 2.71 bits per heavy atom. The molecular weight excluding hydrogens is 276 g/mol. The summed E-state index contributed by atoms with van der Waals surface area (Å²) in [5.74, 6) is -0.241. The SMILES string of the molecule is O=C(O)C1CCCCN1CCOc1ccc([N+](=O)[O-])cc1. The van der Waals surface area contributed by atoms with E-state index in [1.54, 1.807) is 12.1 Å². The van der Waals surface area contributed by atoms with Gasteiger partial charge in [0.1, 0.15) is 18.4 Å². The molecule has 7 nitrogen and oxygen atoms in total. The number of hydrogen-bond donors (Lipinski definition) is 1. The molecule has 1 aliphatic rings. The number of non-ortho nitro benzene ring substituents is 1. The van der Waals surface area contributed by atoms with Crippen LogP contribution in [0.15, 0.2) is 24.3 Å². The number of carbonyl (C=O) groups is 1. The molecule has 1 atom stereocenters. The number of nitro benzene ring substituents is 1. The Morgan fingerprint density at radius 2 is 2.10 bits per heavy atom. The summed E-state index contributed by atoms with van der Waals surface area (Å²) in [4.78, 5) is 23.1. The summed E-state index contributed by atoms with van der Waals surface area (Å²) in [5, 5.41) is 19.7. The van der Waals surface area contributed by atoms with E-state index in [1.807, 2.05) is 4.90 Å². The molecule has 0 bridgehead atoms. The fourth-order valence-electron chi connectivity index (χ4n) is 2.48. The monoisotopic (exact) mass is 294 g/mol. The maximum atomic E-state index is 11.2. The minimum absolute atomic E-state index is 0.0179. The molecule has 1 aliphatic heterocycles. The van der Waals surface area contributed by atoms with Crippen LogP contribution < -0.4 is 4.74 Å². The fourth-order valence-corrected chi connectivity index (χ4v) is 2.48. The molecule has 0 aliphatic carbocycles. The van der Waals surface area contributed by atoms with Gasteiger partial charge >= 0.3 is 5.97 Å². The van der Waals surface area contributed by atoms with Crippen LogP contribution in [0, 0.1) is 10.1 Å². The summed E-state index contributed by atoms with van der Waals surface area (Å²) in [6.45, 7) is 1.66. The zero-order valence-electron chi connectivity index (χ0n) is 11.6. The number of carboxylic acid groups (broad SMARTS) is 1. The Morgan fingerprint density at radius 1 is 1.38 bits per heavy atom. The van der Waals surface area contributed by atoms with Gasteiger partial charge in [-0.05, 0) is 31.5 Å². The minimum Gasteiger partial charge on any atom is -0.492 e. The Labute approximate surface area is 122 Å². The molecule has 0 radical (unpaired) electrons. The average molecular weight is 294 g/mol. The Hall–Kier alpha value is -2.15. The molecule has 0 spiro atoms. The predicted octanol–water partition coefficient (Wildman–Crippen LogP) is 1.91. The van der Waals surface area contributed by atoms with E-state index in [9.17, 15) is 14.9 Å². The van der Waals surface area contributed by atoms with Gasteiger partial charge in [0.05, 0.1) is 4.92 Å². The highest BCUT2D eigenvalue weighted by Crippen LogP contribution is 2.19. The molecule has 1 heterocycles. The van der Waals surface area contributed by atoms with Crippen molar-refractivity contribution in [3.8, 4) is 5.75 Å². The molecule has 114 valence electrons. The molecule has 2 rings (SSSR count). The number of likely N-dealkylation sites (tertiary alicyclic amines) is 1. The van der Waals surface area contributed by atoms with Gasteiger partial charge in [-0.15, -0.1) is 0 Å². The van der Waals surface area contributed by atoms with Gasteiger partial charge in [0.2, 0.25) is 0 Å². The highest BCUT2D eigenvalue weighted by molar-refractivity contribution is 5.73. The smallest absolute Gasteiger partial charge is 0.320 e. The maximum absolute atomic E-state index is 11.2. The van der Waals surface area contributed by atoms with Crippen molar-refractivity contribution in [3.05, 3.63) is 34.4 Å². The lowest BCUT2D eigenvalue weighted by molar-refractivity contribution is -0.384. The second-order valence-electron chi connectivity index (χ2n) is 4.99. The van der Waals surface area contributed by atoms with Crippen LogP contribution >= 0.6 is 0 Å². The number of aliphatic carboxylic acids is 1. The lowest BCUT2D eigenvalue weighted by Gasteiger charge is -2.32. The molecule has 21 heavy (non-hydrogen) atoms. The largest absolute Gasteiger partial charge is 0.492 e. The second kappa shape index (κ2) is 7.03. The predicted molar refractivity (Wildman–Crippen MR) is 75.4 cm³/mol. The molecule has 7 heteroatoms. The third kappa shape index (κ3) is 4.16. The molecule has 1 fully saturated rings. The zero-order valence-corrected chi connectivity index (χ0v) is 11.6. The van der Waals surface area contributed by atoms with E-state index < -0.39 is 16.9 Å². The quantitative estimate of drug-likeness (QED) is 0.636. The van der Waals surface area contributed by atoms with E-state index in [0.29, 0.717) is 25.3 Å². The summed E-state index contributed by atoms with van der Waals surface area (Å²) < 4.78 is 5.51. The standard InChI is InChI=1S/C14H18N2O5/c17-14(18)13-3-1-2-8-15(13)9-10-21-12-6-4-11(5-7-12)16(19)20/h4-7,13H,1-3,8-10H2,(H,17,18). The summed E-state index contributed by atoms with van der Waals surface area (Å²) in [7, 11) is 0. The van der Waals surface area contributed by atoms with Crippen molar-refractivity contribution in [2.24, 2.45) is 0 Å². The fraction of sp³-hybridized carbons (Fsp3) is 0.500. The van der Waals surface area contributed by atoms with E-state index in [0.717, 1.165) is 19.4 Å². The van der Waals surface area contributed by atoms with Crippen LogP contribution in [-0.2, 0) is 4.79 Å². The van der Waals surface area contributed by atoms with Crippen molar-refractivity contribution in [2.75, 3.05) is 19.7 Å². The number of nitro groups is 1. The van der Waals surface area contributed by atoms with Gasteiger partial charge in [-0.25, -0.2) is 0 Å². The van der Waals surface area contributed by atoms with Crippen molar-refractivity contribution in [1.82, 2.24) is 4.90 Å². The molecule has 0 saturated carbocycles. The average Bonchev–Trinajstić information content (AvgIpc) is 2.48. The number of benzene rings is 1. The van der Waals surface area contributed by atoms with Gasteiger partial charge < -0.3 is 9.84 Å². The highest BCUT2D eigenvalue weighted by Gasteiger charge is 2.27. The van der Waals surface area contributed by atoms with E-state index in [1.165, 1.54) is 12.1 Å². The van der Waals surface area contributed by atoms with Crippen LogP contribution in [0.5, 0.6) is 5.75 Å². The summed E-state index contributed by atoms with van der Waals surface area (Å²) >= 11 is 0. The second-order valence-corrected chi connectivity index (χ2v) is 4.99. The number of ether oxygens (including phenoxy) is 1. The Balaban J connectivity index is 1.82. The van der Waals surface area contributed by atoms with Crippen molar-refractivity contribution >= 4 is 11.7 Å². The molecule has 0 aromatic heterocycles. The minimum atomic E-state index is -0.787. The number of nitrogens with zero attached hydrogens (tertiary/aromatic N) is 2. The van der Waals surface area contributed by atoms with Crippen molar-refractivity contribution in [3.63, 3.8) is 0 Å². The summed E-state index contributed by atoms with van der Waals surface area (Å²) in [6, 6.07) is 5.43. The lowest BCUT2D eigenvalue weighted by atomic mass is 10.0. The van der Waals surface area contributed by atoms with Gasteiger partial charge in [0.25, 0.3) is 5.69 Å². The Bertz CT molecular complexity index is 503. The topological polar surface area (TPSA) is 92.9 Å². The number of hydrogen-bond acceptors (Lipinski definition) is 5. The van der Waals surface area contributed by atoms with E-state index in [-0.39, 0.29) is 5.69 Å². The van der Waals surface area contributed by atoms with Crippen LogP contribution in [0.1, 0.15) is 19.3 Å². The van der Waals surface area contributed by atoms with Crippen molar-refractivity contribution in [1.29, 1.82) is 0 Å². The number of carboxylic acids is 1. The summed E-state index contributed by atoms with van der Waals surface area (Å²) in [5.41, 5.74) is 0.0179. The molecule has 1 saturated heterocycles. The molecule has 1 aromatic carbocycles. The van der Waals surface area contributed by atoms with Gasteiger partial charge in [-0.1, -0.05) is 6.42 Å². The molecule has 1 N–H and O–H groups in total. The van der Waals surface area contributed by atoms with Gasteiger partial charge in [0.15, 0.2) is 0 Å². The first-order chi connectivity index (χ1) is 10.1. The first kappa shape index (κ1) is 15.2. The lowest BCUT2D eigenvalue weighted by Crippen LogP contribution is -2.46. The normalized spacial score (nSPS) is 19.1. The maximum Gasteiger partial charge on any atom is 0.320 e. The van der Waals surface area contributed by atoms with Gasteiger partial charge in [-0.2, -0.15) is 0 Å². The first-order valence-electron chi connectivity index (χ1n) is 6.92. The third-order valence-electron chi connectivity index (χ3n) is 3.59. The van der Waals surface area contributed by atoms with Crippen LogP contribution in [-0.4, -0.2) is 46.6 Å². The van der Waals surface area contributed by atoms with Crippen molar-refractivity contribution in [2.45, 2.75) is 25.3 Å². The molecule has 0 amide bonds. The Kier molecular flexibility index (Phi) is 5.10. The first-order valence-corrected chi connectivity index (χ1v) is 6.92. The van der Waals surface area contributed by atoms with E-state index >= 15 is 0 Å². The number of piperidine rings is 1. The van der Waals surface area contributed by atoms with E-state index in [4.69, 9.17) is 9.84 Å². The van der Waals surface area contributed by atoms with Crippen LogP contribution in [0.3, 0.4) is 0 Å². The zero-order chi connectivity index (χ0) is 15.2. The van der Waals surface area contributed by atoms with Crippen LogP contribution in [0.2, 0.25) is 0 Å². The number of rotatable bonds is 6. The van der Waals surface area contributed by atoms with Crippen LogP contribution in [0.25, 0.3) is 0 Å². The molecule has 1 aromatic rings. The highest BCUT2D eigenvalue weighted by atomic mass is 16.6. The van der Waals surface area contributed by atoms with E-state index in [2.05, 4.69) is 0 Å². The van der Waals surface area contributed by atoms with Crippen molar-refractivity contribution < 1.29 is 19.6 Å². The van der Waals surface area contributed by atoms with Crippen LogP contribution in [0.4, 0.5) is 5.69 Å². The van der Waals surface area contributed by atoms with Gasteiger partial charge in [-0.3, -0.25) is 19.8 Å². The van der Waals surface area contributed by atoms with Gasteiger partial charge in [0, 0.05) is 18.7 Å². The third-order valence-corrected chi connectivity index (χ3v) is 3.59. The summed E-state index contributed by atoms with van der Waals surface area (Å²) in [6.07, 6.45) is 2.62. The molecule has 1 unspecified atom stereocenters. The molecular formula is C14H18N2O5.